The normalized spacial score (nSPS) is 15.6. The Labute approximate surface area is 181 Å². The van der Waals surface area contributed by atoms with Crippen LogP contribution in [0.4, 0.5) is 5.95 Å². The van der Waals surface area contributed by atoms with Crippen molar-refractivity contribution >= 4 is 23.0 Å². The first-order valence-electron chi connectivity index (χ1n) is 10.4. The first-order chi connectivity index (χ1) is 14.9. The van der Waals surface area contributed by atoms with Crippen LogP contribution in [0, 0.1) is 0 Å². The lowest BCUT2D eigenvalue weighted by Gasteiger charge is -2.31. The number of carbonyl (C=O) groups excluding carboxylic acids is 1. The highest BCUT2D eigenvalue weighted by molar-refractivity contribution is 5.94. The van der Waals surface area contributed by atoms with E-state index in [2.05, 4.69) is 5.32 Å². The highest BCUT2D eigenvalue weighted by Gasteiger charge is 2.35. The predicted molar refractivity (Wildman–Crippen MR) is 120 cm³/mol. The number of imidazole rings is 1. The molecule has 1 atom stereocenters. The Morgan fingerprint density at radius 3 is 2.68 bits per heavy atom. The van der Waals surface area contributed by atoms with E-state index in [0.29, 0.717) is 35.3 Å². The van der Waals surface area contributed by atoms with E-state index in [0.717, 1.165) is 16.6 Å². The number of anilines is 1. The number of nitrogens with zero attached hydrogens (tertiary/aromatic N) is 2. The number of fused-ring (bicyclic) bond motifs is 3. The number of esters is 1. The standard InChI is InChI=1S/C24H27N3O4/c1-6-30-19-12-11-16(13-20(19)29-5)22-21(23(28)31-14(2)3)15(4)25-24-26-17-9-7-8-10-18(17)27(22)24/h7-14,22H,6H2,1-5H3,(H,25,26). The Balaban J connectivity index is 1.94. The first-order valence-corrected chi connectivity index (χ1v) is 10.4. The fraction of sp³-hybridized carbons (Fsp3) is 0.333. The summed E-state index contributed by atoms with van der Waals surface area (Å²) in [7, 11) is 1.61. The zero-order valence-corrected chi connectivity index (χ0v) is 18.4. The van der Waals surface area contributed by atoms with Crippen molar-refractivity contribution in [2.75, 3.05) is 19.0 Å². The van der Waals surface area contributed by atoms with Gasteiger partial charge in [0.1, 0.15) is 0 Å². The van der Waals surface area contributed by atoms with Gasteiger partial charge in [-0.05, 0) is 57.5 Å². The number of hydrogen-bond donors (Lipinski definition) is 1. The van der Waals surface area contributed by atoms with E-state index in [1.807, 2.05) is 74.7 Å². The Morgan fingerprint density at radius 1 is 1.19 bits per heavy atom. The molecule has 0 aliphatic carbocycles. The summed E-state index contributed by atoms with van der Waals surface area (Å²) in [4.78, 5) is 17.9. The molecular weight excluding hydrogens is 394 g/mol. The van der Waals surface area contributed by atoms with Crippen LogP contribution in [0.2, 0.25) is 0 Å². The van der Waals surface area contributed by atoms with Gasteiger partial charge in [0.25, 0.3) is 0 Å². The van der Waals surface area contributed by atoms with Crippen molar-refractivity contribution in [3.05, 3.63) is 59.3 Å². The van der Waals surface area contributed by atoms with Crippen LogP contribution in [0.1, 0.15) is 39.3 Å². The Bertz CT molecular complexity index is 1160. The van der Waals surface area contributed by atoms with E-state index in [9.17, 15) is 4.79 Å². The molecule has 7 heteroatoms. The van der Waals surface area contributed by atoms with Gasteiger partial charge < -0.3 is 19.5 Å². The van der Waals surface area contributed by atoms with Gasteiger partial charge in [-0.1, -0.05) is 18.2 Å². The molecule has 31 heavy (non-hydrogen) atoms. The number of aromatic nitrogens is 2. The molecule has 0 bridgehead atoms. The van der Waals surface area contributed by atoms with Crippen molar-refractivity contribution in [2.45, 2.75) is 39.8 Å². The van der Waals surface area contributed by atoms with Crippen LogP contribution in [0.25, 0.3) is 11.0 Å². The summed E-state index contributed by atoms with van der Waals surface area (Å²) in [5.41, 5.74) is 3.90. The molecule has 2 heterocycles. The quantitative estimate of drug-likeness (QED) is 0.583. The van der Waals surface area contributed by atoms with Crippen molar-refractivity contribution in [3.8, 4) is 11.5 Å². The van der Waals surface area contributed by atoms with Gasteiger partial charge in [-0.15, -0.1) is 0 Å². The lowest BCUT2D eigenvalue weighted by atomic mass is 9.94. The maximum atomic E-state index is 13.2. The molecule has 0 saturated carbocycles. The SMILES string of the molecule is CCOc1ccc(C2C(C(=O)OC(C)C)=C(C)Nc3nc4ccccc4n32)cc1OC. The average Bonchev–Trinajstić information content (AvgIpc) is 3.10. The topological polar surface area (TPSA) is 74.6 Å². The van der Waals surface area contributed by atoms with Gasteiger partial charge >= 0.3 is 5.97 Å². The molecule has 1 aliphatic rings. The lowest BCUT2D eigenvalue weighted by molar-refractivity contribution is -0.143. The molecule has 0 radical (unpaired) electrons. The van der Waals surface area contributed by atoms with E-state index in [1.165, 1.54) is 0 Å². The number of ether oxygens (including phenoxy) is 3. The molecule has 0 saturated heterocycles. The minimum Gasteiger partial charge on any atom is -0.493 e. The summed E-state index contributed by atoms with van der Waals surface area (Å²) in [5, 5.41) is 3.29. The predicted octanol–water partition coefficient (Wildman–Crippen LogP) is 4.68. The van der Waals surface area contributed by atoms with E-state index < -0.39 is 6.04 Å². The summed E-state index contributed by atoms with van der Waals surface area (Å²) in [6, 6.07) is 13.2. The molecule has 1 aromatic heterocycles. The Kier molecular flexibility index (Phi) is 5.59. The molecule has 3 aromatic rings. The number of nitrogens with one attached hydrogen (secondary N) is 1. The van der Waals surface area contributed by atoms with Crippen LogP contribution in [-0.2, 0) is 9.53 Å². The van der Waals surface area contributed by atoms with Crippen molar-refractivity contribution in [2.24, 2.45) is 0 Å². The molecule has 2 aromatic carbocycles. The van der Waals surface area contributed by atoms with Gasteiger partial charge in [0.15, 0.2) is 11.5 Å². The van der Waals surface area contributed by atoms with Gasteiger partial charge in [0.05, 0.1) is 42.5 Å². The number of benzene rings is 2. The van der Waals surface area contributed by atoms with Crippen molar-refractivity contribution < 1.29 is 19.0 Å². The number of methoxy groups -OCH3 is 1. The summed E-state index contributed by atoms with van der Waals surface area (Å²) < 4.78 is 18.9. The molecule has 0 amide bonds. The molecule has 1 N–H and O–H groups in total. The molecule has 1 aliphatic heterocycles. The van der Waals surface area contributed by atoms with E-state index in [-0.39, 0.29) is 12.1 Å². The number of carbonyl (C=O) groups is 1. The third-order valence-corrected chi connectivity index (χ3v) is 5.20. The van der Waals surface area contributed by atoms with Crippen LogP contribution in [0.15, 0.2) is 53.7 Å². The molecule has 1 unspecified atom stereocenters. The van der Waals surface area contributed by atoms with Crippen LogP contribution in [-0.4, -0.2) is 35.3 Å². The third-order valence-electron chi connectivity index (χ3n) is 5.20. The second-order valence-corrected chi connectivity index (χ2v) is 7.66. The van der Waals surface area contributed by atoms with Crippen molar-refractivity contribution in [3.63, 3.8) is 0 Å². The molecule has 4 rings (SSSR count). The van der Waals surface area contributed by atoms with Crippen LogP contribution >= 0.6 is 0 Å². The minimum atomic E-state index is -0.431. The summed E-state index contributed by atoms with van der Waals surface area (Å²) >= 11 is 0. The van der Waals surface area contributed by atoms with Crippen LogP contribution < -0.4 is 14.8 Å². The van der Waals surface area contributed by atoms with E-state index >= 15 is 0 Å². The van der Waals surface area contributed by atoms with Gasteiger partial charge in [-0.3, -0.25) is 4.57 Å². The second-order valence-electron chi connectivity index (χ2n) is 7.66. The monoisotopic (exact) mass is 421 g/mol. The molecular formula is C24H27N3O4. The lowest BCUT2D eigenvalue weighted by Crippen LogP contribution is -2.30. The van der Waals surface area contributed by atoms with Gasteiger partial charge in [0.2, 0.25) is 5.95 Å². The highest BCUT2D eigenvalue weighted by Crippen LogP contribution is 2.42. The summed E-state index contributed by atoms with van der Waals surface area (Å²) in [6.45, 7) is 8.02. The maximum absolute atomic E-state index is 13.2. The molecule has 162 valence electrons. The fourth-order valence-electron chi connectivity index (χ4n) is 3.95. The zero-order chi connectivity index (χ0) is 22.1. The van der Waals surface area contributed by atoms with Crippen LogP contribution in [0.5, 0.6) is 11.5 Å². The van der Waals surface area contributed by atoms with Gasteiger partial charge in [-0.25, -0.2) is 9.78 Å². The Morgan fingerprint density at radius 2 is 1.97 bits per heavy atom. The largest absolute Gasteiger partial charge is 0.493 e. The minimum absolute atomic E-state index is 0.232. The van der Waals surface area contributed by atoms with Crippen LogP contribution in [0.3, 0.4) is 0 Å². The van der Waals surface area contributed by atoms with Gasteiger partial charge in [-0.2, -0.15) is 0 Å². The molecule has 7 nitrogen and oxygen atoms in total. The number of rotatable bonds is 6. The smallest absolute Gasteiger partial charge is 0.338 e. The number of hydrogen-bond acceptors (Lipinski definition) is 6. The van der Waals surface area contributed by atoms with Gasteiger partial charge in [0, 0.05) is 5.70 Å². The summed E-state index contributed by atoms with van der Waals surface area (Å²) in [6.07, 6.45) is -0.232. The second kappa shape index (κ2) is 8.34. The van der Waals surface area contributed by atoms with Crippen molar-refractivity contribution in [1.29, 1.82) is 0 Å². The molecule has 0 fully saturated rings. The van der Waals surface area contributed by atoms with E-state index in [1.54, 1.807) is 7.11 Å². The van der Waals surface area contributed by atoms with E-state index in [4.69, 9.17) is 19.2 Å². The number of para-hydroxylation sites is 2. The summed E-state index contributed by atoms with van der Waals surface area (Å²) in [5.74, 6) is 1.59. The first kappa shape index (κ1) is 20.8. The number of allylic oxidation sites excluding steroid dienone is 1. The van der Waals surface area contributed by atoms with Crippen molar-refractivity contribution in [1.82, 2.24) is 9.55 Å². The average molecular weight is 421 g/mol. The zero-order valence-electron chi connectivity index (χ0n) is 18.4. The molecule has 0 spiro atoms. The maximum Gasteiger partial charge on any atom is 0.338 e. The fourth-order valence-corrected chi connectivity index (χ4v) is 3.95. The Hall–Kier alpha value is -3.48. The highest BCUT2D eigenvalue weighted by atomic mass is 16.5. The third kappa shape index (κ3) is 3.71.